The van der Waals surface area contributed by atoms with Crippen molar-refractivity contribution in [3.63, 3.8) is 0 Å². The molecule has 0 aliphatic carbocycles. The molecule has 1 N–H and O–H groups in total. The minimum Gasteiger partial charge on any atom is -0.381 e. The number of hydrogen-bond acceptors (Lipinski definition) is 3. The monoisotopic (exact) mass is 339 g/mol. The molecule has 0 spiro atoms. The van der Waals surface area contributed by atoms with E-state index in [1.54, 1.807) is 14.2 Å². The second-order valence-corrected chi connectivity index (χ2v) is 6.25. The summed E-state index contributed by atoms with van der Waals surface area (Å²) in [5, 5.41) is 4.19. The molecule has 0 unspecified atom stereocenters. The van der Waals surface area contributed by atoms with Crippen LogP contribution < -0.4 is 5.32 Å². The lowest BCUT2D eigenvalue weighted by molar-refractivity contribution is -0.0857. The Kier molecular flexibility index (Phi) is 6.69. The van der Waals surface area contributed by atoms with Crippen LogP contribution in [0.4, 0.5) is 0 Å². The lowest BCUT2D eigenvalue weighted by Gasteiger charge is -2.37. The zero-order valence-corrected chi connectivity index (χ0v) is 14.9. The first-order valence-corrected chi connectivity index (χ1v) is 8.26. The van der Waals surface area contributed by atoms with Gasteiger partial charge in [0, 0.05) is 65.4 Å². The van der Waals surface area contributed by atoms with Crippen molar-refractivity contribution in [2.45, 2.75) is 25.0 Å². The molecule has 1 aliphatic rings. The van der Waals surface area contributed by atoms with Crippen molar-refractivity contribution in [2.24, 2.45) is 4.99 Å². The number of methoxy groups -OCH3 is 1. The summed E-state index contributed by atoms with van der Waals surface area (Å²) < 4.78 is 11.2. The van der Waals surface area contributed by atoms with E-state index in [9.17, 15) is 0 Å². The molecule has 1 fully saturated rings. The molecule has 0 aromatic heterocycles. The molecule has 2 rings (SSSR count). The van der Waals surface area contributed by atoms with Gasteiger partial charge in [0.25, 0.3) is 0 Å². The Balaban J connectivity index is 1.95. The predicted molar refractivity (Wildman–Crippen MR) is 94.1 cm³/mol. The molecule has 0 bridgehead atoms. The van der Waals surface area contributed by atoms with Crippen LogP contribution in [-0.2, 0) is 16.0 Å². The molecule has 1 saturated heterocycles. The highest BCUT2D eigenvalue weighted by molar-refractivity contribution is 6.31. The van der Waals surface area contributed by atoms with Gasteiger partial charge in [-0.3, -0.25) is 4.99 Å². The molecule has 1 aliphatic heterocycles. The second kappa shape index (κ2) is 8.52. The Labute approximate surface area is 143 Å². The van der Waals surface area contributed by atoms with Crippen LogP contribution in [0.3, 0.4) is 0 Å². The number of nitrogens with zero attached hydrogens (tertiary/aromatic N) is 2. The summed E-state index contributed by atoms with van der Waals surface area (Å²) in [4.78, 5) is 6.42. The molecule has 0 amide bonds. The maximum absolute atomic E-state index is 6.24. The number of rotatable bonds is 5. The quantitative estimate of drug-likeness (QED) is 0.661. The third-order valence-corrected chi connectivity index (χ3v) is 4.71. The second-order valence-electron chi connectivity index (χ2n) is 5.85. The summed E-state index contributed by atoms with van der Waals surface area (Å²) in [6.45, 7) is 2.89. The van der Waals surface area contributed by atoms with Crippen molar-refractivity contribution in [1.82, 2.24) is 10.2 Å². The molecule has 5 nitrogen and oxygen atoms in total. The zero-order chi connectivity index (χ0) is 16.7. The third-order valence-electron chi connectivity index (χ3n) is 4.34. The van der Waals surface area contributed by atoms with E-state index in [1.165, 1.54) is 0 Å². The summed E-state index contributed by atoms with van der Waals surface area (Å²) in [5.41, 5.74) is 0.895. The van der Waals surface area contributed by atoms with Gasteiger partial charge in [-0.05, 0) is 11.6 Å². The highest BCUT2D eigenvalue weighted by Gasteiger charge is 2.32. The van der Waals surface area contributed by atoms with Gasteiger partial charge in [0.1, 0.15) is 0 Å². The Morgan fingerprint density at radius 3 is 2.70 bits per heavy atom. The van der Waals surface area contributed by atoms with E-state index in [-0.39, 0.29) is 5.60 Å². The van der Waals surface area contributed by atoms with Gasteiger partial charge in [-0.25, -0.2) is 0 Å². The summed E-state index contributed by atoms with van der Waals surface area (Å²) >= 11 is 6.24. The van der Waals surface area contributed by atoms with Gasteiger partial charge in [-0.2, -0.15) is 0 Å². The van der Waals surface area contributed by atoms with E-state index < -0.39 is 0 Å². The maximum Gasteiger partial charge on any atom is 0.193 e. The van der Waals surface area contributed by atoms with Gasteiger partial charge >= 0.3 is 0 Å². The van der Waals surface area contributed by atoms with Crippen LogP contribution >= 0.6 is 11.6 Å². The van der Waals surface area contributed by atoms with Gasteiger partial charge < -0.3 is 19.7 Å². The molecule has 1 aromatic carbocycles. The van der Waals surface area contributed by atoms with E-state index in [4.69, 9.17) is 21.1 Å². The van der Waals surface area contributed by atoms with Crippen molar-refractivity contribution < 1.29 is 9.47 Å². The Morgan fingerprint density at radius 2 is 2.09 bits per heavy atom. The first-order chi connectivity index (χ1) is 11.1. The van der Waals surface area contributed by atoms with Crippen LogP contribution in [0.25, 0.3) is 0 Å². The Morgan fingerprint density at radius 1 is 1.39 bits per heavy atom. The summed E-state index contributed by atoms with van der Waals surface area (Å²) in [7, 11) is 5.56. The van der Waals surface area contributed by atoms with E-state index in [1.807, 2.05) is 31.3 Å². The van der Waals surface area contributed by atoms with Gasteiger partial charge in [0.2, 0.25) is 0 Å². The van der Waals surface area contributed by atoms with E-state index >= 15 is 0 Å². The summed E-state index contributed by atoms with van der Waals surface area (Å²) in [5.74, 6) is 0.827. The molecule has 128 valence electrons. The van der Waals surface area contributed by atoms with Gasteiger partial charge in [0.05, 0.1) is 5.60 Å². The van der Waals surface area contributed by atoms with E-state index in [2.05, 4.69) is 15.2 Å². The average Bonchev–Trinajstić information content (AvgIpc) is 2.58. The largest absolute Gasteiger partial charge is 0.381 e. The fraction of sp³-hybridized carbons (Fsp3) is 0.588. The van der Waals surface area contributed by atoms with Crippen molar-refractivity contribution >= 4 is 17.6 Å². The molecule has 0 radical (unpaired) electrons. The van der Waals surface area contributed by atoms with Crippen molar-refractivity contribution in [1.29, 1.82) is 0 Å². The number of hydrogen-bond donors (Lipinski definition) is 1. The number of benzene rings is 1. The highest BCUT2D eigenvalue weighted by atomic mass is 35.5. The van der Waals surface area contributed by atoms with Gasteiger partial charge in [-0.15, -0.1) is 0 Å². The van der Waals surface area contributed by atoms with E-state index in [0.29, 0.717) is 13.1 Å². The Bertz CT molecular complexity index is 530. The number of guanidine groups is 1. The molecule has 1 heterocycles. The average molecular weight is 340 g/mol. The first kappa shape index (κ1) is 18.0. The van der Waals surface area contributed by atoms with Crippen LogP contribution in [0.5, 0.6) is 0 Å². The van der Waals surface area contributed by atoms with Crippen LogP contribution in [0, 0.1) is 0 Å². The number of aliphatic imine (C=N–C) groups is 1. The highest BCUT2D eigenvalue weighted by Crippen LogP contribution is 2.23. The fourth-order valence-corrected chi connectivity index (χ4v) is 2.97. The summed E-state index contributed by atoms with van der Waals surface area (Å²) in [6, 6.07) is 7.86. The fourth-order valence-electron chi connectivity index (χ4n) is 2.78. The number of halogens is 1. The lowest BCUT2D eigenvalue weighted by Crippen LogP contribution is -2.50. The maximum atomic E-state index is 6.24. The molecule has 23 heavy (non-hydrogen) atoms. The van der Waals surface area contributed by atoms with Crippen LogP contribution in [0.15, 0.2) is 29.3 Å². The normalized spacial score (nSPS) is 17.8. The van der Waals surface area contributed by atoms with Crippen molar-refractivity contribution in [3.8, 4) is 0 Å². The summed E-state index contributed by atoms with van der Waals surface area (Å²) in [6.07, 6.45) is 1.78. The predicted octanol–water partition coefficient (Wildman–Crippen LogP) is 2.54. The van der Waals surface area contributed by atoms with Crippen LogP contribution in [-0.4, -0.2) is 57.4 Å². The topological polar surface area (TPSA) is 46.1 Å². The molecular weight excluding hydrogens is 314 g/mol. The van der Waals surface area contributed by atoms with Crippen molar-refractivity contribution in [2.75, 3.05) is 41.0 Å². The lowest BCUT2D eigenvalue weighted by atomic mass is 9.94. The number of nitrogens with one attached hydrogen (secondary N) is 1. The molecule has 1 aromatic rings. The molecule has 0 atom stereocenters. The van der Waals surface area contributed by atoms with Gasteiger partial charge in [-0.1, -0.05) is 29.8 Å². The third kappa shape index (κ3) is 4.83. The first-order valence-electron chi connectivity index (χ1n) is 7.88. The van der Waals surface area contributed by atoms with Crippen LogP contribution in [0.1, 0.15) is 18.4 Å². The smallest absolute Gasteiger partial charge is 0.193 e. The minimum absolute atomic E-state index is 0.181. The molecule has 6 heteroatoms. The Hall–Kier alpha value is -1.30. The zero-order valence-electron chi connectivity index (χ0n) is 14.1. The van der Waals surface area contributed by atoms with Crippen LogP contribution in [0.2, 0.25) is 5.02 Å². The SMILES string of the molecule is CN=C(NCC1(OC)CCOCC1)N(C)Cc1ccccc1Cl. The number of ether oxygens (including phenoxy) is 2. The van der Waals surface area contributed by atoms with Crippen molar-refractivity contribution in [3.05, 3.63) is 34.9 Å². The molecular formula is C17H26ClN3O2. The van der Waals surface area contributed by atoms with E-state index in [0.717, 1.165) is 42.6 Å². The molecule has 0 saturated carbocycles. The standard InChI is InChI=1S/C17H26ClN3O2/c1-19-16(20-13-17(22-3)8-10-23-11-9-17)21(2)12-14-6-4-5-7-15(14)18/h4-7H,8-13H2,1-3H3,(H,19,20). The minimum atomic E-state index is -0.181. The van der Waals surface area contributed by atoms with Gasteiger partial charge in [0.15, 0.2) is 5.96 Å².